The van der Waals surface area contributed by atoms with Gasteiger partial charge in [0.15, 0.2) is 5.96 Å². The summed E-state index contributed by atoms with van der Waals surface area (Å²) in [5, 5.41) is 0. The standard InChI is InChI=1S/C13H19N3O2.ClH/c1-3-4-5-9-8-10(6-7-11(9)18-2)12(17)16-13(14)15;/h6-8H,3-5H2,1-2H3,(H4,14,15,16,17);1H. The third-order valence-corrected chi connectivity index (χ3v) is 2.56. The van der Waals surface area contributed by atoms with Crippen LogP contribution in [0.25, 0.3) is 0 Å². The molecule has 19 heavy (non-hydrogen) atoms. The average molecular weight is 286 g/mol. The van der Waals surface area contributed by atoms with E-state index < -0.39 is 5.91 Å². The number of unbranched alkanes of at least 4 members (excludes halogenated alkanes) is 1. The average Bonchev–Trinajstić information content (AvgIpc) is 2.35. The maximum Gasteiger partial charge on any atom is 0.280 e. The van der Waals surface area contributed by atoms with E-state index in [-0.39, 0.29) is 18.4 Å². The van der Waals surface area contributed by atoms with Gasteiger partial charge < -0.3 is 16.2 Å². The lowest BCUT2D eigenvalue weighted by Gasteiger charge is -2.09. The van der Waals surface area contributed by atoms with Gasteiger partial charge >= 0.3 is 0 Å². The van der Waals surface area contributed by atoms with E-state index in [2.05, 4.69) is 11.9 Å². The van der Waals surface area contributed by atoms with Crippen molar-refractivity contribution in [2.75, 3.05) is 7.11 Å². The second-order valence-electron chi connectivity index (χ2n) is 3.97. The maximum absolute atomic E-state index is 11.7. The Labute approximate surface area is 119 Å². The van der Waals surface area contributed by atoms with Crippen LogP contribution < -0.4 is 16.2 Å². The molecule has 0 saturated heterocycles. The fraction of sp³-hybridized carbons (Fsp3) is 0.385. The lowest BCUT2D eigenvalue weighted by atomic mass is 10.0. The molecule has 0 spiro atoms. The summed E-state index contributed by atoms with van der Waals surface area (Å²) in [4.78, 5) is 15.2. The Morgan fingerprint density at radius 3 is 2.58 bits per heavy atom. The summed E-state index contributed by atoms with van der Waals surface area (Å²) in [6.45, 7) is 2.11. The highest BCUT2D eigenvalue weighted by Crippen LogP contribution is 2.22. The summed E-state index contributed by atoms with van der Waals surface area (Å²) in [5.74, 6) is 0.117. The number of methoxy groups -OCH3 is 1. The number of nitrogens with two attached hydrogens (primary N) is 2. The molecule has 1 rings (SSSR count). The van der Waals surface area contributed by atoms with Gasteiger partial charge in [-0.3, -0.25) is 4.79 Å². The maximum atomic E-state index is 11.7. The third-order valence-electron chi connectivity index (χ3n) is 2.56. The zero-order valence-electron chi connectivity index (χ0n) is 11.2. The van der Waals surface area contributed by atoms with Crippen molar-refractivity contribution >= 4 is 24.3 Å². The van der Waals surface area contributed by atoms with E-state index in [4.69, 9.17) is 16.2 Å². The molecule has 0 atom stereocenters. The SMILES string of the molecule is CCCCc1cc(C(=O)N=C(N)N)ccc1OC.Cl. The first-order valence-corrected chi connectivity index (χ1v) is 5.89. The number of carbonyl (C=O) groups excluding carboxylic acids is 1. The Hall–Kier alpha value is -1.75. The molecular weight excluding hydrogens is 266 g/mol. The minimum atomic E-state index is -0.435. The van der Waals surface area contributed by atoms with Crippen LogP contribution >= 0.6 is 12.4 Å². The lowest BCUT2D eigenvalue weighted by Crippen LogP contribution is -2.24. The number of guanidine groups is 1. The van der Waals surface area contributed by atoms with Gasteiger partial charge in [-0.1, -0.05) is 13.3 Å². The number of halogens is 1. The van der Waals surface area contributed by atoms with Crippen LogP contribution in [0, 0.1) is 0 Å². The molecule has 0 saturated carbocycles. The van der Waals surface area contributed by atoms with Crippen LogP contribution in [0.3, 0.4) is 0 Å². The van der Waals surface area contributed by atoms with Crippen LogP contribution in [0.1, 0.15) is 35.7 Å². The Morgan fingerprint density at radius 1 is 1.37 bits per heavy atom. The predicted octanol–water partition coefficient (Wildman–Crippen LogP) is 1.87. The molecule has 1 aromatic rings. The van der Waals surface area contributed by atoms with E-state index in [0.29, 0.717) is 5.56 Å². The molecule has 0 bridgehead atoms. The van der Waals surface area contributed by atoms with Crippen molar-refractivity contribution < 1.29 is 9.53 Å². The van der Waals surface area contributed by atoms with E-state index in [9.17, 15) is 4.79 Å². The van der Waals surface area contributed by atoms with Crippen molar-refractivity contribution in [1.82, 2.24) is 0 Å². The van der Waals surface area contributed by atoms with Gasteiger partial charge in [0.1, 0.15) is 5.75 Å². The van der Waals surface area contributed by atoms with Crippen LogP contribution in [0.2, 0.25) is 0 Å². The van der Waals surface area contributed by atoms with Crippen molar-refractivity contribution in [3.63, 3.8) is 0 Å². The van der Waals surface area contributed by atoms with E-state index >= 15 is 0 Å². The monoisotopic (exact) mass is 285 g/mol. The molecule has 0 aromatic heterocycles. The number of aryl methyl sites for hydroxylation is 1. The highest BCUT2D eigenvalue weighted by Gasteiger charge is 2.09. The van der Waals surface area contributed by atoms with Gasteiger partial charge in [-0.2, -0.15) is 4.99 Å². The molecule has 5 nitrogen and oxygen atoms in total. The van der Waals surface area contributed by atoms with Crippen LogP contribution in [-0.2, 0) is 6.42 Å². The van der Waals surface area contributed by atoms with Crippen molar-refractivity contribution in [3.8, 4) is 5.75 Å². The van der Waals surface area contributed by atoms with E-state index in [1.54, 1.807) is 25.3 Å². The highest BCUT2D eigenvalue weighted by atomic mass is 35.5. The molecule has 0 aliphatic carbocycles. The molecule has 6 heteroatoms. The van der Waals surface area contributed by atoms with E-state index in [1.165, 1.54) is 0 Å². The first kappa shape index (κ1) is 17.2. The summed E-state index contributed by atoms with van der Waals surface area (Å²) in [6, 6.07) is 5.20. The Bertz CT molecular complexity index is 457. The second kappa shape index (κ2) is 8.37. The first-order chi connectivity index (χ1) is 8.58. The number of aliphatic imine (C=N–C) groups is 1. The topological polar surface area (TPSA) is 90.7 Å². The molecule has 106 valence electrons. The summed E-state index contributed by atoms with van der Waals surface area (Å²) in [5.41, 5.74) is 11.8. The third kappa shape index (κ3) is 5.18. The zero-order valence-corrected chi connectivity index (χ0v) is 12.0. The van der Waals surface area contributed by atoms with Gasteiger partial charge in [0, 0.05) is 5.56 Å². The van der Waals surface area contributed by atoms with Gasteiger partial charge in [0.25, 0.3) is 5.91 Å². The largest absolute Gasteiger partial charge is 0.496 e. The number of hydrogen-bond donors (Lipinski definition) is 2. The van der Waals surface area contributed by atoms with E-state index in [1.807, 2.05) is 0 Å². The molecular formula is C13H20ClN3O2. The summed E-state index contributed by atoms with van der Waals surface area (Å²) < 4.78 is 5.26. The Kier molecular flexibility index (Phi) is 7.60. The molecule has 4 N–H and O–H groups in total. The molecule has 0 fully saturated rings. The zero-order chi connectivity index (χ0) is 13.5. The smallest absolute Gasteiger partial charge is 0.280 e. The molecule has 0 aliphatic rings. The van der Waals surface area contributed by atoms with Gasteiger partial charge in [0.2, 0.25) is 0 Å². The number of benzene rings is 1. The lowest BCUT2D eigenvalue weighted by molar-refractivity contribution is 0.100. The van der Waals surface area contributed by atoms with Crippen LogP contribution in [0.4, 0.5) is 0 Å². The number of nitrogens with zero attached hydrogens (tertiary/aromatic N) is 1. The van der Waals surface area contributed by atoms with E-state index in [0.717, 1.165) is 30.6 Å². The van der Waals surface area contributed by atoms with Crippen molar-refractivity contribution in [2.24, 2.45) is 16.5 Å². The molecule has 1 amide bonds. The second-order valence-corrected chi connectivity index (χ2v) is 3.97. The minimum absolute atomic E-state index is 0. The van der Waals surface area contributed by atoms with Gasteiger partial charge in [0.05, 0.1) is 7.11 Å². The van der Waals surface area contributed by atoms with Gasteiger partial charge in [-0.15, -0.1) is 12.4 Å². The molecule has 0 aliphatic heterocycles. The van der Waals surface area contributed by atoms with Crippen molar-refractivity contribution in [3.05, 3.63) is 29.3 Å². The molecule has 0 unspecified atom stereocenters. The number of amides is 1. The summed E-state index contributed by atoms with van der Waals surface area (Å²) in [6.07, 6.45) is 2.98. The van der Waals surface area contributed by atoms with Gasteiger partial charge in [-0.25, -0.2) is 0 Å². The minimum Gasteiger partial charge on any atom is -0.496 e. The highest BCUT2D eigenvalue weighted by molar-refractivity contribution is 6.02. The molecule has 0 radical (unpaired) electrons. The van der Waals surface area contributed by atoms with Crippen molar-refractivity contribution in [2.45, 2.75) is 26.2 Å². The number of carbonyl (C=O) groups is 1. The number of rotatable bonds is 5. The fourth-order valence-corrected chi connectivity index (χ4v) is 1.66. The van der Waals surface area contributed by atoms with Crippen LogP contribution in [0.5, 0.6) is 5.75 Å². The van der Waals surface area contributed by atoms with Crippen molar-refractivity contribution in [1.29, 1.82) is 0 Å². The van der Waals surface area contributed by atoms with Crippen LogP contribution in [-0.4, -0.2) is 19.0 Å². The number of ether oxygens (including phenoxy) is 1. The number of hydrogen-bond acceptors (Lipinski definition) is 2. The quantitative estimate of drug-likeness (QED) is 0.638. The van der Waals surface area contributed by atoms with Crippen LogP contribution in [0.15, 0.2) is 23.2 Å². The normalized spacial score (nSPS) is 9.37. The molecule has 0 heterocycles. The Balaban J connectivity index is 0.00000324. The first-order valence-electron chi connectivity index (χ1n) is 5.89. The summed E-state index contributed by atoms with van der Waals surface area (Å²) >= 11 is 0. The predicted molar refractivity (Wildman–Crippen MR) is 79.0 cm³/mol. The Morgan fingerprint density at radius 2 is 2.05 bits per heavy atom. The van der Waals surface area contributed by atoms with Gasteiger partial charge in [-0.05, 0) is 36.6 Å². The fourth-order valence-electron chi connectivity index (χ4n) is 1.66. The summed E-state index contributed by atoms with van der Waals surface area (Å²) in [7, 11) is 1.61. The molecule has 1 aromatic carbocycles.